The van der Waals surface area contributed by atoms with E-state index in [-0.39, 0.29) is 36.4 Å². The third-order valence-corrected chi connectivity index (χ3v) is 2.59. The Balaban J connectivity index is 2.39. The molecule has 0 radical (unpaired) electrons. The zero-order chi connectivity index (χ0) is 11.7. The Morgan fingerprint density at radius 3 is 2.94 bits per heavy atom. The Kier molecular flexibility index (Phi) is 2.61. The van der Waals surface area contributed by atoms with Crippen molar-refractivity contribution in [2.24, 2.45) is 5.92 Å². The fourth-order valence-electron chi connectivity index (χ4n) is 1.79. The Morgan fingerprint density at radius 2 is 2.38 bits per heavy atom. The molecule has 86 valence electrons. The Hall–Kier alpha value is -1.89. The van der Waals surface area contributed by atoms with E-state index in [1.165, 1.54) is 11.2 Å². The van der Waals surface area contributed by atoms with Gasteiger partial charge in [-0.1, -0.05) is 0 Å². The maximum atomic E-state index is 11.6. The zero-order valence-electron chi connectivity index (χ0n) is 8.51. The van der Waals surface area contributed by atoms with Crippen LogP contribution in [0.25, 0.3) is 0 Å². The van der Waals surface area contributed by atoms with Crippen LogP contribution in [0.2, 0.25) is 0 Å². The first kappa shape index (κ1) is 10.6. The lowest BCUT2D eigenvalue weighted by atomic mass is 10.1. The van der Waals surface area contributed by atoms with Gasteiger partial charge in [-0.3, -0.25) is 9.59 Å². The lowest BCUT2D eigenvalue weighted by Gasteiger charge is -2.16. The quantitative estimate of drug-likeness (QED) is 0.577. The van der Waals surface area contributed by atoms with Crippen molar-refractivity contribution in [3.63, 3.8) is 0 Å². The van der Waals surface area contributed by atoms with Crippen molar-refractivity contribution in [3.05, 3.63) is 16.7 Å². The maximum absolute atomic E-state index is 11.6. The highest BCUT2D eigenvalue weighted by Crippen LogP contribution is 2.24. The van der Waals surface area contributed by atoms with Crippen LogP contribution in [-0.4, -0.2) is 34.1 Å². The summed E-state index contributed by atoms with van der Waals surface area (Å²) in [4.78, 5) is 30.5. The lowest BCUT2D eigenvalue weighted by molar-refractivity contribution is -0.117. The molecule has 0 aromatic carbocycles. The number of nitrogen functional groups attached to an aromatic ring is 1. The highest BCUT2D eigenvalue weighted by Gasteiger charge is 2.32. The molecule has 1 saturated heterocycles. The van der Waals surface area contributed by atoms with E-state index in [0.717, 1.165) is 0 Å². The van der Waals surface area contributed by atoms with Crippen LogP contribution >= 0.6 is 0 Å². The number of rotatable bonds is 2. The number of aromatic amines is 1. The van der Waals surface area contributed by atoms with E-state index in [4.69, 9.17) is 10.8 Å². The smallest absolute Gasteiger partial charge is 0.276 e. The maximum Gasteiger partial charge on any atom is 0.276 e. The van der Waals surface area contributed by atoms with Gasteiger partial charge in [-0.25, -0.2) is 4.98 Å². The van der Waals surface area contributed by atoms with Crippen LogP contribution in [0.3, 0.4) is 0 Å². The van der Waals surface area contributed by atoms with Gasteiger partial charge in [0, 0.05) is 25.5 Å². The van der Waals surface area contributed by atoms with Crippen molar-refractivity contribution in [2.45, 2.75) is 6.42 Å². The third-order valence-electron chi connectivity index (χ3n) is 2.59. The Morgan fingerprint density at radius 1 is 1.62 bits per heavy atom. The van der Waals surface area contributed by atoms with E-state index >= 15 is 0 Å². The van der Waals surface area contributed by atoms with Crippen molar-refractivity contribution in [3.8, 4) is 0 Å². The lowest BCUT2D eigenvalue weighted by Crippen LogP contribution is -2.32. The number of aliphatic hydroxyl groups excluding tert-OH is 1. The minimum absolute atomic E-state index is 0.0238. The molecule has 0 bridgehead atoms. The molecule has 1 atom stereocenters. The van der Waals surface area contributed by atoms with Gasteiger partial charge in [-0.05, 0) is 0 Å². The number of aliphatic hydroxyl groups is 1. The highest BCUT2D eigenvalue weighted by molar-refractivity contribution is 5.97. The second kappa shape index (κ2) is 3.93. The molecule has 0 saturated carbocycles. The predicted molar refractivity (Wildman–Crippen MR) is 56.8 cm³/mol. The first-order valence-corrected chi connectivity index (χ1v) is 4.88. The summed E-state index contributed by atoms with van der Waals surface area (Å²) in [7, 11) is 0. The molecular formula is C9H12N4O3. The molecule has 2 rings (SSSR count). The number of hydrogen-bond acceptors (Lipinski definition) is 5. The number of amides is 1. The van der Waals surface area contributed by atoms with Gasteiger partial charge < -0.3 is 20.7 Å². The van der Waals surface area contributed by atoms with Crippen LogP contribution in [-0.2, 0) is 4.79 Å². The molecule has 7 nitrogen and oxygen atoms in total. The van der Waals surface area contributed by atoms with Crippen LogP contribution in [0, 0.1) is 5.92 Å². The minimum Gasteiger partial charge on any atom is -0.396 e. The van der Waals surface area contributed by atoms with Crippen LogP contribution < -0.4 is 16.2 Å². The molecule has 1 aromatic heterocycles. The van der Waals surface area contributed by atoms with Gasteiger partial charge in [0.25, 0.3) is 5.56 Å². The van der Waals surface area contributed by atoms with Gasteiger partial charge in [0.1, 0.15) is 0 Å². The van der Waals surface area contributed by atoms with Crippen LogP contribution in [0.15, 0.2) is 11.1 Å². The number of aromatic nitrogens is 2. The van der Waals surface area contributed by atoms with Gasteiger partial charge in [-0.2, -0.15) is 0 Å². The summed E-state index contributed by atoms with van der Waals surface area (Å²) in [5, 5.41) is 8.98. The van der Waals surface area contributed by atoms with Gasteiger partial charge in [0.2, 0.25) is 5.91 Å². The van der Waals surface area contributed by atoms with E-state index in [1.807, 2.05) is 0 Å². The number of anilines is 2. The summed E-state index contributed by atoms with van der Waals surface area (Å²) in [6.07, 6.45) is 1.41. The van der Waals surface area contributed by atoms with Gasteiger partial charge in [0.05, 0.1) is 6.33 Å². The number of nitrogens with one attached hydrogen (secondary N) is 1. The summed E-state index contributed by atoms with van der Waals surface area (Å²) in [5.41, 5.74) is 5.19. The Bertz CT molecular complexity index is 470. The number of hydrogen-bond donors (Lipinski definition) is 3. The molecule has 16 heavy (non-hydrogen) atoms. The first-order valence-electron chi connectivity index (χ1n) is 4.88. The van der Waals surface area contributed by atoms with Gasteiger partial charge in [0.15, 0.2) is 11.5 Å². The molecule has 0 spiro atoms. The average molecular weight is 224 g/mol. The zero-order valence-corrected chi connectivity index (χ0v) is 8.51. The van der Waals surface area contributed by atoms with E-state index in [1.54, 1.807) is 0 Å². The number of nitrogens with zero attached hydrogens (tertiary/aromatic N) is 2. The fraction of sp³-hybridized carbons (Fsp3) is 0.444. The van der Waals surface area contributed by atoms with E-state index < -0.39 is 5.56 Å². The minimum atomic E-state index is -0.445. The second-order valence-corrected chi connectivity index (χ2v) is 3.72. The third kappa shape index (κ3) is 1.65. The molecule has 1 fully saturated rings. The SMILES string of the molecule is Nc1nc[nH]c(=O)c1N1CC(CO)CC1=O. The summed E-state index contributed by atoms with van der Waals surface area (Å²) >= 11 is 0. The summed E-state index contributed by atoms with van der Waals surface area (Å²) < 4.78 is 0. The van der Waals surface area contributed by atoms with Crippen LogP contribution in [0.5, 0.6) is 0 Å². The molecule has 4 N–H and O–H groups in total. The van der Waals surface area contributed by atoms with E-state index in [2.05, 4.69) is 9.97 Å². The van der Waals surface area contributed by atoms with Gasteiger partial charge >= 0.3 is 0 Å². The standard InChI is InChI=1S/C9H12N4O3/c10-8-7(9(16)12-4-11-8)13-2-5(3-14)1-6(13)15/h4-5,14H,1-3H2,(H3,10,11,12,16). The molecular weight excluding hydrogens is 212 g/mol. The van der Waals surface area contributed by atoms with Crippen molar-refractivity contribution in [1.29, 1.82) is 0 Å². The molecule has 1 aliphatic rings. The number of H-pyrrole nitrogens is 1. The highest BCUT2D eigenvalue weighted by atomic mass is 16.3. The fourth-order valence-corrected chi connectivity index (χ4v) is 1.79. The predicted octanol–water partition coefficient (Wildman–Crippen LogP) is -1.30. The van der Waals surface area contributed by atoms with Crippen LogP contribution in [0.4, 0.5) is 11.5 Å². The summed E-state index contributed by atoms with van der Waals surface area (Å²) in [6.45, 7) is 0.217. The number of nitrogens with two attached hydrogens (primary N) is 1. The van der Waals surface area contributed by atoms with E-state index in [9.17, 15) is 9.59 Å². The van der Waals surface area contributed by atoms with Gasteiger partial charge in [-0.15, -0.1) is 0 Å². The summed E-state index contributed by atoms with van der Waals surface area (Å²) in [5.74, 6) is -0.341. The number of carbonyl (C=O) groups is 1. The Labute approximate surface area is 90.9 Å². The second-order valence-electron chi connectivity index (χ2n) is 3.72. The molecule has 1 amide bonds. The first-order chi connectivity index (χ1) is 7.63. The molecule has 0 aliphatic carbocycles. The topological polar surface area (TPSA) is 112 Å². The monoisotopic (exact) mass is 224 g/mol. The van der Waals surface area contributed by atoms with Crippen LogP contribution in [0.1, 0.15) is 6.42 Å². The molecule has 2 heterocycles. The summed E-state index contributed by atoms with van der Waals surface area (Å²) in [6, 6.07) is 0. The largest absolute Gasteiger partial charge is 0.396 e. The normalized spacial score (nSPS) is 20.4. The van der Waals surface area contributed by atoms with Crippen molar-refractivity contribution < 1.29 is 9.90 Å². The van der Waals surface area contributed by atoms with Crippen molar-refractivity contribution in [2.75, 3.05) is 23.8 Å². The average Bonchev–Trinajstić information content (AvgIpc) is 2.60. The molecule has 1 aromatic rings. The van der Waals surface area contributed by atoms with E-state index in [0.29, 0.717) is 6.54 Å². The number of carbonyl (C=O) groups excluding carboxylic acids is 1. The molecule has 1 aliphatic heterocycles. The van der Waals surface area contributed by atoms with Crippen molar-refractivity contribution in [1.82, 2.24) is 9.97 Å². The van der Waals surface area contributed by atoms with Crippen molar-refractivity contribution >= 4 is 17.4 Å². The molecule has 1 unspecified atom stereocenters. The molecule has 7 heteroatoms.